The lowest BCUT2D eigenvalue weighted by atomic mass is 9.83. The molecule has 0 bridgehead atoms. The normalized spacial score (nSPS) is 20.5. The first kappa shape index (κ1) is 15.2. The maximum Gasteiger partial charge on any atom is 0.131 e. The van der Waals surface area contributed by atoms with E-state index >= 15 is 0 Å². The molecule has 0 amide bonds. The van der Waals surface area contributed by atoms with Crippen LogP contribution in [0.5, 0.6) is 0 Å². The van der Waals surface area contributed by atoms with Gasteiger partial charge in [0.15, 0.2) is 0 Å². The van der Waals surface area contributed by atoms with Crippen molar-refractivity contribution in [1.82, 2.24) is 9.80 Å². The summed E-state index contributed by atoms with van der Waals surface area (Å²) in [6.07, 6.45) is 1.07. The molecule has 1 unspecified atom stereocenters. The molecule has 110 valence electrons. The summed E-state index contributed by atoms with van der Waals surface area (Å²) < 4.78 is 0. The van der Waals surface area contributed by atoms with E-state index in [1.165, 1.54) is 0 Å². The lowest BCUT2D eigenvalue weighted by Gasteiger charge is -2.38. The van der Waals surface area contributed by atoms with Crippen LogP contribution in [0.4, 0.5) is 0 Å². The van der Waals surface area contributed by atoms with Crippen LogP contribution in [-0.4, -0.2) is 67.1 Å². The Morgan fingerprint density at radius 1 is 1.15 bits per heavy atom. The van der Waals surface area contributed by atoms with E-state index in [4.69, 9.17) is 5.11 Å². The van der Waals surface area contributed by atoms with Crippen molar-refractivity contribution in [3.63, 3.8) is 0 Å². The van der Waals surface area contributed by atoms with Crippen molar-refractivity contribution < 1.29 is 9.90 Å². The second-order valence-corrected chi connectivity index (χ2v) is 5.74. The number of carbonyl (C=O) groups is 1. The molecule has 2 rings (SSSR count). The molecule has 1 fully saturated rings. The van der Waals surface area contributed by atoms with Gasteiger partial charge in [-0.05, 0) is 12.5 Å². The largest absolute Gasteiger partial charge is 0.395 e. The lowest BCUT2D eigenvalue weighted by Crippen LogP contribution is -2.51. The van der Waals surface area contributed by atoms with E-state index in [1.807, 2.05) is 37.3 Å². The lowest BCUT2D eigenvalue weighted by molar-refractivity contribution is -0.113. The summed E-state index contributed by atoms with van der Waals surface area (Å²) in [5.74, 6) is 0. The third-order valence-corrected chi connectivity index (χ3v) is 4.13. The summed E-state index contributed by atoms with van der Waals surface area (Å²) in [6, 6.07) is 9.99. The van der Waals surface area contributed by atoms with Gasteiger partial charge in [0.1, 0.15) is 6.29 Å². The predicted molar refractivity (Wildman–Crippen MR) is 79.8 cm³/mol. The van der Waals surface area contributed by atoms with Gasteiger partial charge in [-0.2, -0.15) is 0 Å². The molecule has 1 aliphatic rings. The van der Waals surface area contributed by atoms with E-state index in [9.17, 15) is 4.79 Å². The molecule has 0 aromatic heterocycles. The summed E-state index contributed by atoms with van der Waals surface area (Å²) >= 11 is 0. The smallest absolute Gasteiger partial charge is 0.131 e. The molecule has 0 aliphatic carbocycles. The number of nitrogens with zero attached hydrogens (tertiary/aromatic N) is 2. The maximum absolute atomic E-state index is 11.6. The van der Waals surface area contributed by atoms with Crippen LogP contribution in [0.3, 0.4) is 0 Å². The maximum atomic E-state index is 11.6. The number of piperazine rings is 1. The highest BCUT2D eigenvalue weighted by Gasteiger charge is 2.30. The number of hydrogen-bond acceptors (Lipinski definition) is 4. The second-order valence-electron chi connectivity index (χ2n) is 5.74. The van der Waals surface area contributed by atoms with Crippen molar-refractivity contribution in [3.8, 4) is 0 Å². The molecule has 0 spiro atoms. The molecule has 1 aromatic rings. The Hall–Kier alpha value is -1.23. The number of carbonyl (C=O) groups excluding carboxylic acids is 1. The quantitative estimate of drug-likeness (QED) is 0.779. The minimum absolute atomic E-state index is 0.218. The van der Waals surface area contributed by atoms with Crippen LogP contribution < -0.4 is 0 Å². The first-order valence-electron chi connectivity index (χ1n) is 7.25. The van der Waals surface area contributed by atoms with Crippen LogP contribution in [0, 0.1) is 0 Å². The summed E-state index contributed by atoms with van der Waals surface area (Å²) in [5, 5.41) is 8.96. The minimum Gasteiger partial charge on any atom is -0.395 e. The van der Waals surface area contributed by atoms with Gasteiger partial charge in [0.05, 0.1) is 12.0 Å². The van der Waals surface area contributed by atoms with E-state index < -0.39 is 5.41 Å². The molecule has 0 saturated carbocycles. The Morgan fingerprint density at radius 3 is 2.30 bits per heavy atom. The molecule has 0 radical (unpaired) electrons. The van der Waals surface area contributed by atoms with Crippen LogP contribution in [-0.2, 0) is 10.2 Å². The Balaban J connectivity index is 1.96. The summed E-state index contributed by atoms with van der Waals surface area (Å²) in [5.41, 5.74) is 0.633. The molecule has 1 aliphatic heterocycles. The molecule has 1 heterocycles. The van der Waals surface area contributed by atoms with E-state index in [0.717, 1.165) is 51.1 Å². The molecule has 20 heavy (non-hydrogen) atoms. The molecule has 1 atom stereocenters. The van der Waals surface area contributed by atoms with Crippen molar-refractivity contribution in [1.29, 1.82) is 0 Å². The fraction of sp³-hybridized carbons (Fsp3) is 0.562. The van der Waals surface area contributed by atoms with Crippen molar-refractivity contribution in [2.75, 3.05) is 45.9 Å². The Labute approximate surface area is 121 Å². The highest BCUT2D eigenvalue weighted by atomic mass is 16.3. The number of hydrogen-bond donors (Lipinski definition) is 1. The average molecular weight is 276 g/mol. The van der Waals surface area contributed by atoms with Gasteiger partial charge in [-0.25, -0.2) is 0 Å². The topological polar surface area (TPSA) is 43.8 Å². The monoisotopic (exact) mass is 276 g/mol. The number of rotatable bonds is 6. The Morgan fingerprint density at radius 2 is 1.75 bits per heavy atom. The van der Waals surface area contributed by atoms with Crippen LogP contribution in [0.15, 0.2) is 30.3 Å². The van der Waals surface area contributed by atoms with Crippen molar-refractivity contribution in [2.24, 2.45) is 0 Å². The van der Waals surface area contributed by atoms with Crippen LogP contribution in [0.2, 0.25) is 0 Å². The van der Waals surface area contributed by atoms with Gasteiger partial charge in [0, 0.05) is 39.3 Å². The standard InChI is InChI=1S/C16H24N2O2/c1-16(14-20,15-5-3-2-4-6-15)13-18-9-7-17(8-10-18)11-12-19/h2-6,14,19H,7-13H2,1H3. The SMILES string of the molecule is CC(C=O)(CN1CCN(CCO)CC1)c1ccccc1. The highest BCUT2D eigenvalue weighted by molar-refractivity contribution is 5.68. The third kappa shape index (κ3) is 3.66. The van der Waals surface area contributed by atoms with Gasteiger partial charge < -0.3 is 9.90 Å². The van der Waals surface area contributed by atoms with Crippen molar-refractivity contribution in [3.05, 3.63) is 35.9 Å². The molecular weight excluding hydrogens is 252 g/mol. The zero-order valence-electron chi connectivity index (χ0n) is 12.2. The van der Waals surface area contributed by atoms with Gasteiger partial charge in [-0.15, -0.1) is 0 Å². The fourth-order valence-electron chi connectivity index (χ4n) is 2.79. The van der Waals surface area contributed by atoms with Gasteiger partial charge in [-0.3, -0.25) is 9.80 Å². The van der Waals surface area contributed by atoms with Crippen LogP contribution >= 0.6 is 0 Å². The second kappa shape index (κ2) is 6.97. The first-order valence-corrected chi connectivity index (χ1v) is 7.25. The highest BCUT2D eigenvalue weighted by Crippen LogP contribution is 2.23. The number of β-amino-alcohol motifs (C(OH)–C–C–N with tert-alkyl or cyclic N) is 1. The molecular formula is C16H24N2O2. The van der Waals surface area contributed by atoms with Gasteiger partial charge in [0.2, 0.25) is 0 Å². The van der Waals surface area contributed by atoms with E-state index in [0.29, 0.717) is 0 Å². The molecule has 1 saturated heterocycles. The summed E-state index contributed by atoms with van der Waals surface area (Å²) in [7, 11) is 0. The van der Waals surface area contributed by atoms with Gasteiger partial charge in [-0.1, -0.05) is 30.3 Å². The molecule has 4 heteroatoms. The Kier molecular flexibility index (Phi) is 5.29. The van der Waals surface area contributed by atoms with Crippen LogP contribution in [0.1, 0.15) is 12.5 Å². The fourth-order valence-corrected chi connectivity index (χ4v) is 2.79. The third-order valence-electron chi connectivity index (χ3n) is 4.13. The van der Waals surface area contributed by atoms with Crippen LogP contribution in [0.25, 0.3) is 0 Å². The average Bonchev–Trinajstić information content (AvgIpc) is 2.50. The molecule has 1 N–H and O–H groups in total. The van der Waals surface area contributed by atoms with E-state index in [2.05, 4.69) is 9.80 Å². The van der Waals surface area contributed by atoms with E-state index in [-0.39, 0.29) is 6.61 Å². The zero-order chi connectivity index (χ0) is 14.4. The first-order chi connectivity index (χ1) is 9.68. The minimum atomic E-state index is -0.444. The molecule has 4 nitrogen and oxygen atoms in total. The number of aliphatic hydroxyl groups excluding tert-OH is 1. The van der Waals surface area contributed by atoms with Gasteiger partial charge >= 0.3 is 0 Å². The summed E-state index contributed by atoms with van der Waals surface area (Å²) in [4.78, 5) is 16.2. The number of aldehydes is 1. The predicted octanol–water partition coefficient (Wildman–Crippen LogP) is 0.753. The number of aliphatic hydroxyl groups is 1. The van der Waals surface area contributed by atoms with Gasteiger partial charge in [0.25, 0.3) is 0 Å². The number of benzene rings is 1. The summed E-state index contributed by atoms with van der Waals surface area (Å²) in [6.45, 7) is 7.57. The Bertz CT molecular complexity index is 416. The van der Waals surface area contributed by atoms with Crippen molar-refractivity contribution >= 4 is 6.29 Å². The van der Waals surface area contributed by atoms with E-state index in [1.54, 1.807) is 0 Å². The zero-order valence-corrected chi connectivity index (χ0v) is 12.2. The van der Waals surface area contributed by atoms with Crippen molar-refractivity contribution in [2.45, 2.75) is 12.3 Å². The molecule has 1 aromatic carbocycles.